The standard InChI is InChI=1S/C19H20FNO4/c1-24-19(23)15-6-4-14(5-7-15)18(22)21-12-2-3-13-25-17-10-8-16(20)9-11-17/h4-11H,2-3,12-13H2,1H3,(H,21,22). The first-order valence-corrected chi connectivity index (χ1v) is 7.95. The monoisotopic (exact) mass is 345 g/mol. The molecule has 0 aliphatic heterocycles. The SMILES string of the molecule is COC(=O)c1ccc(C(=O)NCCCCOc2ccc(F)cc2)cc1. The second kappa shape index (κ2) is 9.42. The molecule has 0 aliphatic carbocycles. The molecule has 0 aromatic heterocycles. The summed E-state index contributed by atoms with van der Waals surface area (Å²) in [5.41, 5.74) is 0.882. The Morgan fingerprint density at radius 1 is 0.960 bits per heavy atom. The number of unbranched alkanes of at least 4 members (excludes halogenated alkanes) is 1. The third-order valence-electron chi connectivity index (χ3n) is 3.51. The van der Waals surface area contributed by atoms with Crippen molar-refractivity contribution in [2.45, 2.75) is 12.8 Å². The van der Waals surface area contributed by atoms with E-state index in [9.17, 15) is 14.0 Å². The zero-order valence-corrected chi connectivity index (χ0v) is 14.0. The normalized spacial score (nSPS) is 10.2. The van der Waals surface area contributed by atoms with E-state index in [0.717, 1.165) is 12.8 Å². The summed E-state index contributed by atoms with van der Waals surface area (Å²) in [5, 5.41) is 2.81. The van der Waals surface area contributed by atoms with Crippen molar-refractivity contribution in [3.8, 4) is 5.75 Å². The van der Waals surface area contributed by atoms with Gasteiger partial charge in [0.05, 0.1) is 19.3 Å². The molecule has 0 atom stereocenters. The molecular formula is C19H20FNO4. The Bertz CT molecular complexity index is 698. The van der Waals surface area contributed by atoms with Crippen molar-refractivity contribution in [2.24, 2.45) is 0 Å². The van der Waals surface area contributed by atoms with E-state index < -0.39 is 5.97 Å². The highest BCUT2D eigenvalue weighted by atomic mass is 19.1. The van der Waals surface area contributed by atoms with Gasteiger partial charge in [-0.15, -0.1) is 0 Å². The summed E-state index contributed by atoms with van der Waals surface area (Å²) in [6, 6.07) is 12.1. The van der Waals surface area contributed by atoms with Crippen molar-refractivity contribution in [2.75, 3.05) is 20.3 Å². The van der Waals surface area contributed by atoms with Gasteiger partial charge in [0, 0.05) is 12.1 Å². The maximum Gasteiger partial charge on any atom is 0.337 e. The zero-order valence-electron chi connectivity index (χ0n) is 14.0. The lowest BCUT2D eigenvalue weighted by Crippen LogP contribution is -2.24. The number of benzene rings is 2. The van der Waals surface area contributed by atoms with Gasteiger partial charge in [0.2, 0.25) is 0 Å². The molecule has 2 aromatic rings. The van der Waals surface area contributed by atoms with Crippen molar-refractivity contribution in [1.29, 1.82) is 0 Å². The van der Waals surface area contributed by atoms with Crippen LogP contribution in [0, 0.1) is 5.82 Å². The molecule has 6 heteroatoms. The average molecular weight is 345 g/mol. The number of halogens is 1. The molecular weight excluding hydrogens is 325 g/mol. The number of carbonyl (C=O) groups is 2. The minimum atomic E-state index is -0.437. The van der Waals surface area contributed by atoms with E-state index in [1.54, 1.807) is 36.4 Å². The van der Waals surface area contributed by atoms with Gasteiger partial charge < -0.3 is 14.8 Å². The van der Waals surface area contributed by atoms with Crippen LogP contribution < -0.4 is 10.1 Å². The molecule has 0 aliphatic rings. The first-order valence-electron chi connectivity index (χ1n) is 7.95. The molecule has 0 spiro atoms. The Balaban J connectivity index is 1.65. The molecule has 5 nitrogen and oxygen atoms in total. The van der Waals surface area contributed by atoms with Crippen molar-refractivity contribution in [3.05, 3.63) is 65.5 Å². The molecule has 1 amide bonds. The number of ether oxygens (including phenoxy) is 2. The molecule has 2 rings (SSSR count). The van der Waals surface area contributed by atoms with Gasteiger partial charge in [0.15, 0.2) is 0 Å². The van der Waals surface area contributed by atoms with E-state index in [-0.39, 0.29) is 11.7 Å². The first kappa shape index (κ1) is 18.4. The predicted molar refractivity (Wildman–Crippen MR) is 91.2 cm³/mol. The van der Waals surface area contributed by atoms with Crippen molar-refractivity contribution < 1.29 is 23.5 Å². The fourth-order valence-electron chi connectivity index (χ4n) is 2.13. The van der Waals surface area contributed by atoms with Crippen LogP contribution in [0.15, 0.2) is 48.5 Å². The number of nitrogens with one attached hydrogen (secondary N) is 1. The molecule has 0 saturated heterocycles. The summed E-state index contributed by atoms with van der Waals surface area (Å²) >= 11 is 0. The first-order chi connectivity index (χ1) is 12.1. The lowest BCUT2D eigenvalue weighted by atomic mass is 10.1. The van der Waals surface area contributed by atoms with Gasteiger partial charge >= 0.3 is 5.97 Å². The minimum Gasteiger partial charge on any atom is -0.494 e. The number of hydrogen-bond acceptors (Lipinski definition) is 4. The topological polar surface area (TPSA) is 64.6 Å². The van der Waals surface area contributed by atoms with E-state index in [4.69, 9.17) is 4.74 Å². The van der Waals surface area contributed by atoms with Crippen LogP contribution in [0.1, 0.15) is 33.6 Å². The van der Waals surface area contributed by atoms with Gasteiger partial charge in [-0.05, 0) is 61.4 Å². The number of methoxy groups -OCH3 is 1. The summed E-state index contributed by atoms with van der Waals surface area (Å²) in [5.74, 6) is -0.310. The second-order valence-electron chi connectivity index (χ2n) is 5.33. The van der Waals surface area contributed by atoms with Gasteiger partial charge in [0.25, 0.3) is 5.91 Å². The third-order valence-corrected chi connectivity index (χ3v) is 3.51. The highest BCUT2D eigenvalue weighted by molar-refractivity contribution is 5.96. The number of rotatable bonds is 8. The van der Waals surface area contributed by atoms with Crippen LogP contribution in [-0.2, 0) is 4.74 Å². The Morgan fingerprint density at radius 2 is 1.60 bits per heavy atom. The molecule has 0 bridgehead atoms. The van der Waals surface area contributed by atoms with Crippen LogP contribution in [0.4, 0.5) is 4.39 Å². The smallest absolute Gasteiger partial charge is 0.337 e. The number of esters is 1. The quantitative estimate of drug-likeness (QED) is 0.589. The summed E-state index contributed by atoms with van der Waals surface area (Å²) in [4.78, 5) is 23.3. The van der Waals surface area contributed by atoms with Crippen molar-refractivity contribution in [1.82, 2.24) is 5.32 Å². The maximum absolute atomic E-state index is 12.8. The lowest BCUT2D eigenvalue weighted by Gasteiger charge is -2.07. The summed E-state index contributed by atoms with van der Waals surface area (Å²) in [7, 11) is 1.31. The third kappa shape index (κ3) is 5.91. The Kier molecular flexibility index (Phi) is 6.95. The molecule has 0 radical (unpaired) electrons. The van der Waals surface area contributed by atoms with E-state index >= 15 is 0 Å². The Labute approximate surface area is 145 Å². The Hall–Kier alpha value is -2.89. The van der Waals surface area contributed by atoms with Crippen molar-refractivity contribution >= 4 is 11.9 Å². The molecule has 0 saturated carbocycles. The van der Waals surface area contributed by atoms with Gasteiger partial charge in [0.1, 0.15) is 11.6 Å². The molecule has 1 N–H and O–H groups in total. The predicted octanol–water partition coefficient (Wildman–Crippen LogP) is 3.20. The lowest BCUT2D eigenvalue weighted by molar-refractivity contribution is 0.0600. The van der Waals surface area contributed by atoms with E-state index in [2.05, 4.69) is 10.1 Å². The summed E-state index contributed by atoms with van der Waals surface area (Å²) in [6.45, 7) is 1.01. The maximum atomic E-state index is 12.8. The van der Waals surface area contributed by atoms with Crippen LogP contribution in [0.5, 0.6) is 5.75 Å². The largest absolute Gasteiger partial charge is 0.494 e. The number of carbonyl (C=O) groups excluding carboxylic acids is 2. The van der Waals surface area contributed by atoms with Gasteiger partial charge in [-0.2, -0.15) is 0 Å². The van der Waals surface area contributed by atoms with Crippen LogP contribution >= 0.6 is 0 Å². The summed E-state index contributed by atoms with van der Waals surface area (Å²) in [6.07, 6.45) is 1.52. The van der Waals surface area contributed by atoms with Crippen LogP contribution in [0.25, 0.3) is 0 Å². The van der Waals surface area contributed by atoms with Crippen molar-refractivity contribution in [3.63, 3.8) is 0 Å². The molecule has 25 heavy (non-hydrogen) atoms. The highest BCUT2D eigenvalue weighted by Gasteiger charge is 2.08. The summed E-state index contributed by atoms with van der Waals surface area (Å²) < 4.78 is 22.8. The zero-order chi connectivity index (χ0) is 18.1. The number of hydrogen-bond donors (Lipinski definition) is 1. The fraction of sp³-hybridized carbons (Fsp3) is 0.263. The van der Waals surface area contributed by atoms with Crippen LogP contribution in [-0.4, -0.2) is 32.1 Å². The van der Waals surface area contributed by atoms with Crippen LogP contribution in [0.3, 0.4) is 0 Å². The highest BCUT2D eigenvalue weighted by Crippen LogP contribution is 2.11. The van der Waals surface area contributed by atoms with Gasteiger partial charge in [-0.25, -0.2) is 9.18 Å². The van der Waals surface area contributed by atoms with Gasteiger partial charge in [-0.1, -0.05) is 0 Å². The number of amides is 1. The fourth-order valence-corrected chi connectivity index (χ4v) is 2.13. The molecule has 0 fully saturated rings. The van der Waals surface area contributed by atoms with Gasteiger partial charge in [-0.3, -0.25) is 4.79 Å². The van der Waals surface area contributed by atoms with E-state index in [1.165, 1.54) is 19.2 Å². The molecule has 0 unspecified atom stereocenters. The molecule has 0 heterocycles. The average Bonchev–Trinajstić information content (AvgIpc) is 2.65. The minimum absolute atomic E-state index is 0.198. The second-order valence-corrected chi connectivity index (χ2v) is 5.33. The van der Waals surface area contributed by atoms with E-state index in [1.807, 2.05) is 0 Å². The van der Waals surface area contributed by atoms with E-state index in [0.29, 0.717) is 30.0 Å². The molecule has 132 valence electrons. The molecule has 2 aromatic carbocycles. The Morgan fingerprint density at radius 3 is 2.24 bits per heavy atom. The van der Waals surface area contributed by atoms with Crippen LogP contribution in [0.2, 0.25) is 0 Å².